The molecule has 0 unspecified atom stereocenters. The Bertz CT molecular complexity index is 1320. The number of para-hydroxylation sites is 1. The van der Waals surface area contributed by atoms with Crippen LogP contribution in [0.2, 0.25) is 0 Å². The number of ketones is 1. The van der Waals surface area contributed by atoms with E-state index in [-0.39, 0.29) is 18.0 Å². The van der Waals surface area contributed by atoms with Gasteiger partial charge >= 0.3 is 0 Å². The summed E-state index contributed by atoms with van der Waals surface area (Å²) in [5.41, 5.74) is 2.41. The Morgan fingerprint density at radius 3 is 2.40 bits per heavy atom. The Morgan fingerprint density at radius 2 is 1.70 bits per heavy atom. The molecule has 7 nitrogen and oxygen atoms in total. The third-order valence-corrected chi connectivity index (χ3v) is 5.11. The molecule has 0 aliphatic carbocycles. The number of Topliss-reactive ketones (excluding diaryl/α,β-unsaturated/α-hetero) is 1. The minimum atomic E-state index is -0.585. The molecule has 0 atom stereocenters. The maximum absolute atomic E-state index is 13.4. The van der Waals surface area contributed by atoms with Crippen molar-refractivity contribution < 1.29 is 9.72 Å². The van der Waals surface area contributed by atoms with E-state index in [2.05, 4.69) is 4.57 Å². The van der Waals surface area contributed by atoms with Crippen LogP contribution >= 0.6 is 0 Å². The van der Waals surface area contributed by atoms with Gasteiger partial charge in [0.1, 0.15) is 0 Å². The number of carbonyl (C=O) groups excluding carboxylic acids is 1. The standard InChI is InChI=1S/C23H19N3O4/c1-2-25-19-11-7-6-10-18(19)22(23(25)16-8-4-3-5-9-16)20(27)15-24-14-17(26(29)30)12-13-21(24)28/h3-14H,2,15H2,1H3. The highest BCUT2D eigenvalue weighted by Crippen LogP contribution is 2.34. The summed E-state index contributed by atoms with van der Waals surface area (Å²) in [6.07, 6.45) is 1.11. The van der Waals surface area contributed by atoms with Crippen LogP contribution in [0.5, 0.6) is 0 Å². The van der Waals surface area contributed by atoms with Crippen molar-refractivity contribution in [3.8, 4) is 11.3 Å². The van der Waals surface area contributed by atoms with Crippen LogP contribution in [0.4, 0.5) is 5.69 Å². The van der Waals surface area contributed by atoms with Gasteiger partial charge in [0.25, 0.3) is 11.2 Å². The molecule has 0 fully saturated rings. The first-order valence-electron chi connectivity index (χ1n) is 9.56. The molecule has 4 aromatic rings. The second-order valence-corrected chi connectivity index (χ2v) is 6.88. The number of carbonyl (C=O) groups is 1. The van der Waals surface area contributed by atoms with E-state index in [4.69, 9.17) is 0 Å². The van der Waals surface area contributed by atoms with Crippen LogP contribution in [-0.4, -0.2) is 19.8 Å². The molecule has 0 spiro atoms. The van der Waals surface area contributed by atoms with Gasteiger partial charge in [-0.15, -0.1) is 0 Å². The van der Waals surface area contributed by atoms with E-state index in [1.165, 1.54) is 0 Å². The van der Waals surface area contributed by atoms with Crippen LogP contribution in [0.3, 0.4) is 0 Å². The Hall–Kier alpha value is -4.00. The van der Waals surface area contributed by atoms with E-state index in [9.17, 15) is 19.7 Å². The average molecular weight is 401 g/mol. The molecule has 2 heterocycles. The van der Waals surface area contributed by atoms with Crippen molar-refractivity contribution in [1.29, 1.82) is 0 Å². The largest absolute Gasteiger partial charge is 0.340 e. The highest BCUT2D eigenvalue weighted by Gasteiger charge is 2.23. The van der Waals surface area contributed by atoms with Crippen LogP contribution in [0.15, 0.2) is 77.7 Å². The zero-order chi connectivity index (χ0) is 21.3. The van der Waals surface area contributed by atoms with Gasteiger partial charge < -0.3 is 9.13 Å². The summed E-state index contributed by atoms with van der Waals surface area (Å²) in [5.74, 6) is -0.278. The van der Waals surface area contributed by atoms with Gasteiger partial charge in [0.15, 0.2) is 5.78 Å². The van der Waals surface area contributed by atoms with Gasteiger partial charge in [-0.05, 0) is 18.6 Å². The molecule has 0 amide bonds. The van der Waals surface area contributed by atoms with Gasteiger partial charge in [-0.3, -0.25) is 19.7 Å². The quantitative estimate of drug-likeness (QED) is 0.274. The summed E-state index contributed by atoms with van der Waals surface area (Å²) in [6.45, 7) is 2.39. The normalized spacial score (nSPS) is 11.0. The number of hydrogen-bond donors (Lipinski definition) is 0. The second kappa shape index (κ2) is 7.79. The Morgan fingerprint density at radius 1 is 1.00 bits per heavy atom. The lowest BCUT2D eigenvalue weighted by Crippen LogP contribution is -2.23. The van der Waals surface area contributed by atoms with Crippen LogP contribution < -0.4 is 5.56 Å². The monoisotopic (exact) mass is 401 g/mol. The lowest BCUT2D eigenvalue weighted by Gasteiger charge is -2.11. The van der Waals surface area contributed by atoms with Gasteiger partial charge in [0, 0.05) is 29.6 Å². The van der Waals surface area contributed by atoms with Gasteiger partial charge in [-0.1, -0.05) is 48.5 Å². The van der Waals surface area contributed by atoms with Crippen LogP contribution in [-0.2, 0) is 13.1 Å². The Kier molecular flexibility index (Phi) is 5.02. The molecule has 30 heavy (non-hydrogen) atoms. The molecular formula is C23H19N3O4. The fraction of sp³-hybridized carbons (Fsp3) is 0.130. The molecule has 2 aromatic heterocycles. The van der Waals surface area contributed by atoms with Crippen molar-refractivity contribution in [2.24, 2.45) is 0 Å². The van der Waals surface area contributed by atoms with Crippen LogP contribution in [0, 0.1) is 10.1 Å². The smallest absolute Gasteiger partial charge is 0.285 e. The SMILES string of the molecule is CCn1c(-c2ccccc2)c(C(=O)Cn2cc([N+](=O)[O-])ccc2=O)c2ccccc21. The maximum atomic E-state index is 13.4. The number of nitro groups is 1. The summed E-state index contributed by atoms with van der Waals surface area (Å²) < 4.78 is 3.17. The molecule has 150 valence electrons. The molecule has 0 N–H and O–H groups in total. The van der Waals surface area contributed by atoms with Crippen LogP contribution in [0.1, 0.15) is 17.3 Å². The van der Waals surface area contributed by atoms with Crippen LogP contribution in [0.25, 0.3) is 22.2 Å². The first-order chi connectivity index (χ1) is 14.5. The zero-order valence-electron chi connectivity index (χ0n) is 16.3. The lowest BCUT2D eigenvalue weighted by atomic mass is 10.0. The molecule has 2 aromatic carbocycles. The van der Waals surface area contributed by atoms with E-state index in [0.29, 0.717) is 12.1 Å². The molecule has 0 aliphatic heterocycles. The van der Waals surface area contributed by atoms with E-state index in [0.717, 1.165) is 45.1 Å². The van der Waals surface area contributed by atoms with Crippen molar-refractivity contribution >= 4 is 22.4 Å². The minimum absolute atomic E-state index is 0.235. The van der Waals surface area contributed by atoms with E-state index >= 15 is 0 Å². The fourth-order valence-electron chi connectivity index (χ4n) is 3.79. The topological polar surface area (TPSA) is 87.1 Å². The Labute approximate surface area is 172 Å². The number of nitrogens with zero attached hydrogens (tertiary/aromatic N) is 3. The molecule has 0 saturated carbocycles. The molecular weight excluding hydrogens is 382 g/mol. The summed E-state index contributed by atoms with van der Waals surface area (Å²) in [4.78, 5) is 36.2. The van der Waals surface area contributed by atoms with E-state index in [1.54, 1.807) is 0 Å². The number of benzene rings is 2. The first kappa shape index (κ1) is 19.3. The number of aromatic nitrogens is 2. The van der Waals surface area contributed by atoms with E-state index < -0.39 is 10.5 Å². The van der Waals surface area contributed by atoms with Crippen molar-refractivity contribution in [3.63, 3.8) is 0 Å². The molecule has 0 radical (unpaired) electrons. The van der Waals surface area contributed by atoms with Crippen molar-refractivity contribution in [2.75, 3.05) is 0 Å². The second-order valence-electron chi connectivity index (χ2n) is 6.88. The fourth-order valence-corrected chi connectivity index (χ4v) is 3.79. The number of hydrogen-bond acceptors (Lipinski definition) is 4. The summed E-state index contributed by atoms with van der Waals surface area (Å²) in [5, 5.41) is 11.9. The Balaban J connectivity index is 1.91. The molecule has 4 rings (SSSR count). The highest BCUT2D eigenvalue weighted by atomic mass is 16.6. The molecule has 0 aliphatic rings. The zero-order valence-corrected chi connectivity index (χ0v) is 16.3. The predicted molar refractivity (Wildman–Crippen MR) is 115 cm³/mol. The van der Waals surface area contributed by atoms with Gasteiger partial charge in [0.2, 0.25) is 0 Å². The first-order valence-corrected chi connectivity index (χ1v) is 9.56. The van der Waals surface area contributed by atoms with Gasteiger partial charge in [-0.2, -0.15) is 0 Å². The predicted octanol–water partition coefficient (Wildman–Crippen LogP) is 4.28. The van der Waals surface area contributed by atoms with Crippen molar-refractivity contribution in [3.05, 3.63) is 99.0 Å². The number of rotatable bonds is 6. The third kappa shape index (κ3) is 3.30. The molecule has 7 heteroatoms. The highest BCUT2D eigenvalue weighted by molar-refractivity contribution is 6.13. The molecule has 0 saturated heterocycles. The maximum Gasteiger partial charge on any atom is 0.285 e. The number of aryl methyl sites for hydroxylation is 1. The van der Waals surface area contributed by atoms with Gasteiger partial charge in [-0.25, -0.2) is 0 Å². The summed E-state index contributed by atoms with van der Waals surface area (Å²) >= 11 is 0. The molecule has 0 bridgehead atoms. The number of pyridine rings is 1. The summed E-state index contributed by atoms with van der Waals surface area (Å²) in [6, 6.07) is 19.5. The average Bonchev–Trinajstić information content (AvgIpc) is 3.10. The summed E-state index contributed by atoms with van der Waals surface area (Å²) in [7, 11) is 0. The van der Waals surface area contributed by atoms with Crippen molar-refractivity contribution in [2.45, 2.75) is 20.0 Å². The third-order valence-electron chi connectivity index (χ3n) is 5.11. The minimum Gasteiger partial charge on any atom is -0.340 e. The van der Waals surface area contributed by atoms with Gasteiger partial charge in [0.05, 0.1) is 28.9 Å². The van der Waals surface area contributed by atoms with E-state index in [1.807, 2.05) is 61.5 Å². The number of fused-ring (bicyclic) bond motifs is 1. The lowest BCUT2D eigenvalue weighted by molar-refractivity contribution is -0.385. The van der Waals surface area contributed by atoms with Crippen molar-refractivity contribution in [1.82, 2.24) is 9.13 Å².